The van der Waals surface area contributed by atoms with Crippen LogP contribution in [0, 0.1) is 0 Å². The molecule has 1 aliphatic heterocycles. The smallest absolute Gasteiger partial charge is 0.209 e. The molecule has 2 rings (SSSR count). The van der Waals surface area contributed by atoms with Gasteiger partial charge in [0.25, 0.3) is 0 Å². The topological polar surface area (TPSA) is 44.8 Å². The molecular formula is C9H12BO4S. The second kappa shape index (κ2) is 3.94. The zero-order valence-corrected chi connectivity index (χ0v) is 9.37. The van der Waals surface area contributed by atoms with Crippen molar-refractivity contribution in [3.8, 4) is 0 Å². The summed E-state index contributed by atoms with van der Waals surface area (Å²) in [6.45, 7) is 3.83. The first-order valence-corrected chi connectivity index (χ1v) is 5.42. The molecule has 0 aromatic rings. The van der Waals surface area contributed by atoms with E-state index in [1.54, 1.807) is 13.8 Å². The third-order valence-corrected chi connectivity index (χ3v) is 2.62. The Hall–Kier alpha value is -0.295. The number of hydrogen-bond donors (Lipinski definition) is 0. The largest absolute Gasteiger partial charge is 0.340 e. The second-order valence-electron chi connectivity index (χ2n) is 3.96. The number of ketones is 1. The maximum absolute atomic E-state index is 11.6. The number of ether oxygens (including phenoxy) is 2. The van der Waals surface area contributed by atoms with Crippen LogP contribution in [-0.2, 0) is 18.5 Å². The molecule has 0 amide bonds. The molecule has 0 N–H and O–H groups in total. The van der Waals surface area contributed by atoms with Crippen molar-refractivity contribution in [1.29, 1.82) is 1.34 Å². The summed E-state index contributed by atoms with van der Waals surface area (Å²) in [6, 6.07) is 0. The lowest BCUT2D eigenvalue weighted by atomic mass is 10.2. The summed E-state index contributed by atoms with van der Waals surface area (Å²) in [5.41, 5.74) is 0.773. The van der Waals surface area contributed by atoms with Gasteiger partial charge in [-0.3, -0.25) is 4.79 Å². The van der Waals surface area contributed by atoms with E-state index in [-0.39, 0.29) is 18.5 Å². The lowest BCUT2D eigenvalue weighted by Gasteiger charge is -2.18. The number of carbonyl (C=O) groups is 1. The van der Waals surface area contributed by atoms with Crippen LogP contribution < -0.4 is 0 Å². The third kappa shape index (κ3) is 2.13. The molecule has 0 spiro atoms. The SMILES string of the molecule is [3H][B]SOCC1=CC(=O)[C@@H]2OC(C)(C)O[C@H]12. The Balaban J connectivity index is 2.00. The number of carbonyl (C=O) groups excluding carboxylic acids is 1. The quantitative estimate of drug-likeness (QED) is 0.399. The van der Waals surface area contributed by atoms with Crippen LogP contribution >= 0.6 is 11.9 Å². The molecular weight excluding hydrogens is 215 g/mol. The molecule has 1 fully saturated rings. The fraction of sp³-hybridized carbons (Fsp3) is 0.667. The van der Waals surface area contributed by atoms with E-state index in [4.69, 9.17) is 15.0 Å². The van der Waals surface area contributed by atoms with Crippen molar-refractivity contribution in [1.82, 2.24) is 0 Å². The molecule has 1 radical (unpaired) electrons. The molecule has 0 aromatic carbocycles. The summed E-state index contributed by atoms with van der Waals surface area (Å²) in [5, 5.41) is 0. The highest BCUT2D eigenvalue weighted by atomic mass is 32.2. The number of hydrogen-bond acceptors (Lipinski definition) is 5. The van der Waals surface area contributed by atoms with Crippen molar-refractivity contribution in [3.63, 3.8) is 0 Å². The summed E-state index contributed by atoms with van der Waals surface area (Å²) < 4.78 is 23.0. The fourth-order valence-corrected chi connectivity index (χ4v) is 2.02. The van der Waals surface area contributed by atoms with Crippen LogP contribution in [0.5, 0.6) is 0 Å². The highest BCUT2D eigenvalue weighted by molar-refractivity contribution is 8.15. The molecule has 0 aromatic heterocycles. The first-order valence-electron chi connectivity index (χ1n) is 5.19. The van der Waals surface area contributed by atoms with Gasteiger partial charge in [0.1, 0.15) is 6.10 Å². The van der Waals surface area contributed by atoms with Crippen molar-refractivity contribution in [2.75, 3.05) is 6.61 Å². The van der Waals surface area contributed by atoms with E-state index in [9.17, 15) is 4.79 Å². The molecule has 0 bridgehead atoms. The predicted octanol–water partition coefficient (Wildman–Crippen LogP) is 0.496. The fourth-order valence-electron chi connectivity index (χ4n) is 1.81. The average molecular weight is 229 g/mol. The highest BCUT2D eigenvalue weighted by Gasteiger charge is 2.49. The van der Waals surface area contributed by atoms with Gasteiger partial charge in [0.05, 0.1) is 6.61 Å². The summed E-state index contributed by atoms with van der Waals surface area (Å²) in [5.74, 6) is -0.798. The molecule has 1 saturated heterocycles. The third-order valence-electron chi connectivity index (χ3n) is 2.36. The Morgan fingerprint density at radius 3 is 3.13 bits per heavy atom. The minimum absolute atomic E-state index is 0.0750. The Kier molecular flexibility index (Phi) is 2.60. The first kappa shape index (κ1) is 9.90. The van der Waals surface area contributed by atoms with Gasteiger partial charge in [0, 0.05) is 0 Å². The van der Waals surface area contributed by atoms with Gasteiger partial charge in [-0.1, -0.05) is 11.9 Å². The van der Waals surface area contributed by atoms with Crippen molar-refractivity contribution < 1.29 is 18.5 Å². The number of rotatable bonds is 4. The van der Waals surface area contributed by atoms with Crippen LogP contribution in [0.4, 0.5) is 0 Å². The average Bonchev–Trinajstić information content (AvgIpc) is 2.64. The summed E-state index contributed by atoms with van der Waals surface area (Å²) >= 11 is 0.923. The molecule has 0 unspecified atom stereocenters. The normalized spacial score (nSPS) is 33.6. The molecule has 15 heavy (non-hydrogen) atoms. The van der Waals surface area contributed by atoms with Crippen LogP contribution in [-0.4, -0.2) is 38.8 Å². The highest BCUT2D eigenvalue weighted by Crippen LogP contribution is 2.36. The van der Waals surface area contributed by atoms with Crippen LogP contribution in [0.3, 0.4) is 0 Å². The van der Waals surface area contributed by atoms with Crippen molar-refractivity contribution in [2.45, 2.75) is 31.8 Å². The summed E-state index contributed by atoms with van der Waals surface area (Å²) in [6.07, 6.45) is 0.641. The van der Waals surface area contributed by atoms with E-state index in [1.807, 2.05) is 0 Å². The van der Waals surface area contributed by atoms with Crippen LogP contribution in [0.25, 0.3) is 0 Å². The lowest BCUT2D eigenvalue weighted by Crippen LogP contribution is -2.25. The molecule has 1 aliphatic carbocycles. The second-order valence-corrected chi connectivity index (χ2v) is 4.38. The molecule has 1 heterocycles. The monoisotopic (exact) mass is 229 g/mol. The molecule has 4 nitrogen and oxygen atoms in total. The maximum atomic E-state index is 11.6. The molecule has 81 valence electrons. The molecule has 0 saturated carbocycles. The van der Waals surface area contributed by atoms with Gasteiger partial charge >= 0.3 is 0 Å². The van der Waals surface area contributed by atoms with E-state index >= 15 is 0 Å². The van der Waals surface area contributed by atoms with E-state index < -0.39 is 11.9 Å². The van der Waals surface area contributed by atoms with Crippen LogP contribution in [0.1, 0.15) is 13.8 Å². The Morgan fingerprint density at radius 1 is 1.67 bits per heavy atom. The minimum Gasteiger partial charge on any atom is -0.340 e. The van der Waals surface area contributed by atoms with E-state index in [0.29, 0.717) is 0 Å². The Bertz CT molecular complexity index is 333. The summed E-state index contributed by atoms with van der Waals surface area (Å²) in [7, 11) is 1.09. The van der Waals surface area contributed by atoms with E-state index in [2.05, 4.69) is 0 Å². The van der Waals surface area contributed by atoms with Crippen molar-refractivity contribution in [3.05, 3.63) is 11.6 Å². The van der Waals surface area contributed by atoms with E-state index in [0.717, 1.165) is 24.6 Å². The van der Waals surface area contributed by atoms with Gasteiger partial charge in [-0.25, -0.2) is 0 Å². The maximum Gasteiger partial charge on any atom is 0.209 e. The zero-order valence-electron chi connectivity index (χ0n) is 9.56. The van der Waals surface area contributed by atoms with Crippen LogP contribution in [0.2, 0.25) is 0 Å². The van der Waals surface area contributed by atoms with Crippen molar-refractivity contribution in [2.24, 2.45) is 0 Å². The number of fused-ring (bicyclic) bond motifs is 1. The molecule has 2 aliphatic rings. The van der Waals surface area contributed by atoms with Gasteiger partial charge in [0.15, 0.2) is 17.7 Å². The standard InChI is InChI=1S/C9H12BO4S/c1-9(2)13-7-5(4-12-15-10)3-6(11)8(7)14-9/h3,7-8,10H,4H2,1-2H3/t7-,8+/m1/s1/i10T. The first-order chi connectivity index (χ1) is 7.53. The van der Waals surface area contributed by atoms with Crippen LogP contribution in [0.15, 0.2) is 11.6 Å². The molecule has 2 atom stereocenters. The predicted molar refractivity (Wildman–Crippen MR) is 57.6 cm³/mol. The van der Waals surface area contributed by atoms with Gasteiger partial charge in [-0.05, 0) is 26.8 Å². The van der Waals surface area contributed by atoms with Gasteiger partial charge in [-0.2, -0.15) is 0 Å². The molecule has 6 heteroatoms. The minimum atomic E-state index is -0.723. The Labute approximate surface area is 95.2 Å². The van der Waals surface area contributed by atoms with Gasteiger partial charge in [-0.15, -0.1) is 0 Å². The zero-order chi connectivity index (χ0) is 11.8. The van der Waals surface area contributed by atoms with Gasteiger partial charge in [0.2, 0.25) is 7.09 Å². The van der Waals surface area contributed by atoms with Crippen molar-refractivity contribution >= 4 is 24.8 Å². The summed E-state index contributed by atoms with van der Waals surface area (Å²) in [4.78, 5) is 11.6. The van der Waals surface area contributed by atoms with E-state index in [1.165, 1.54) is 6.08 Å². The lowest BCUT2D eigenvalue weighted by molar-refractivity contribution is -0.153. The van der Waals surface area contributed by atoms with Gasteiger partial charge < -0.3 is 13.7 Å². The Morgan fingerprint density at radius 2 is 2.40 bits per heavy atom.